The van der Waals surface area contributed by atoms with Crippen molar-refractivity contribution < 1.29 is 13.9 Å². The van der Waals surface area contributed by atoms with Crippen molar-refractivity contribution in [1.82, 2.24) is 24.9 Å². The highest BCUT2D eigenvalue weighted by Crippen LogP contribution is 2.31. The number of likely N-dealkylation sites (tertiary alicyclic amines) is 1. The summed E-state index contributed by atoms with van der Waals surface area (Å²) in [5, 5.41) is 7.95. The minimum absolute atomic E-state index is 0.0521. The van der Waals surface area contributed by atoms with E-state index in [9.17, 15) is 4.79 Å². The average Bonchev–Trinajstić information content (AvgIpc) is 3.31. The van der Waals surface area contributed by atoms with Crippen LogP contribution in [0, 0.1) is 0 Å². The highest BCUT2D eigenvalue weighted by molar-refractivity contribution is 5.86. The number of esters is 1. The van der Waals surface area contributed by atoms with Gasteiger partial charge in [-0.15, -0.1) is 5.10 Å². The summed E-state index contributed by atoms with van der Waals surface area (Å²) < 4.78 is 12.4. The third-order valence-corrected chi connectivity index (χ3v) is 4.64. The Kier molecular flexibility index (Phi) is 4.64. The van der Waals surface area contributed by atoms with Crippen LogP contribution in [0.25, 0.3) is 0 Å². The molecule has 8 heteroatoms. The highest BCUT2D eigenvalue weighted by atomic mass is 16.5. The van der Waals surface area contributed by atoms with Crippen LogP contribution in [0.2, 0.25) is 0 Å². The van der Waals surface area contributed by atoms with E-state index in [0.717, 1.165) is 31.2 Å². The first-order chi connectivity index (χ1) is 11.8. The van der Waals surface area contributed by atoms with Crippen LogP contribution < -0.4 is 0 Å². The maximum atomic E-state index is 11.5. The van der Waals surface area contributed by atoms with Crippen LogP contribution >= 0.6 is 0 Å². The minimum atomic E-state index is -0.469. The third-order valence-electron chi connectivity index (χ3n) is 4.64. The van der Waals surface area contributed by atoms with Crippen molar-refractivity contribution in [3.63, 3.8) is 0 Å². The standard InChI is InChI=1S/C17H25N5O3/c1-11(15-18-8-14(25-15)17(2,3)4)21-7-6-12(9-21)22-10-13(19-20-22)16(23)24-5/h8,10-12H,6-7,9H2,1-5H3/t11-,12+/m1/s1. The van der Waals surface area contributed by atoms with E-state index in [1.165, 1.54) is 7.11 Å². The normalized spacial score (nSPS) is 20.0. The van der Waals surface area contributed by atoms with Gasteiger partial charge in [0.1, 0.15) is 5.76 Å². The van der Waals surface area contributed by atoms with Gasteiger partial charge >= 0.3 is 5.97 Å². The van der Waals surface area contributed by atoms with Crippen molar-refractivity contribution in [2.45, 2.75) is 51.6 Å². The Hall–Kier alpha value is -2.22. The number of aromatic nitrogens is 4. The van der Waals surface area contributed by atoms with Gasteiger partial charge < -0.3 is 9.15 Å². The van der Waals surface area contributed by atoms with Gasteiger partial charge in [0.15, 0.2) is 5.69 Å². The lowest BCUT2D eigenvalue weighted by Gasteiger charge is -2.22. The first-order valence-electron chi connectivity index (χ1n) is 8.50. The Morgan fingerprint density at radius 3 is 2.84 bits per heavy atom. The van der Waals surface area contributed by atoms with Gasteiger partial charge in [-0.05, 0) is 13.3 Å². The lowest BCUT2D eigenvalue weighted by Crippen LogP contribution is -2.25. The van der Waals surface area contributed by atoms with Crippen LogP contribution in [0.1, 0.15) is 68.3 Å². The summed E-state index contributed by atoms with van der Waals surface area (Å²) in [6, 6.07) is 0.259. The first kappa shape index (κ1) is 17.6. The Labute approximate surface area is 147 Å². The second-order valence-corrected chi connectivity index (χ2v) is 7.50. The van der Waals surface area contributed by atoms with Crippen molar-refractivity contribution in [2.75, 3.05) is 20.2 Å². The molecule has 0 aromatic carbocycles. The molecule has 2 aromatic rings. The minimum Gasteiger partial charge on any atom is -0.464 e. The van der Waals surface area contributed by atoms with Crippen LogP contribution in [0.15, 0.2) is 16.8 Å². The summed E-state index contributed by atoms with van der Waals surface area (Å²) >= 11 is 0. The number of oxazole rings is 1. The first-order valence-corrected chi connectivity index (χ1v) is 8.50. The summed E-state index contributed by atoms with van der Waals surface area (Å²) in [6.45, 7) is 10.1. The molecule has 0 amide bonds. The molecule has 0 bridgehead atoms. The molecule has 0 saturated carbocycles. The molecule has 2 aromatic heterocycles. The van der Waals surface area contributed by atoms with E-state index >= 15 is 0 Å². The summed E-state index contributed by atoms with van der Waals surface area (Å²) in [4.78, 5) is 18.3. The number of hydrogen-bond donors (Lipinski definition) is 0. The molecule has 136 valence electrons. The monoisotopic (exact) mass is 347 g/mol. The zero-order chi connectivity index (χ0) is 18.2. The van der Waals surface area contributed by atoms with Gasteiger partial charge in [-0.25, -0.2) is 14.5 Å². The number of carbonyl (C=O) groups excluding carboxylic acids is 1. The third kappa shape index (κ3) is 3.58. The fraction of sp³-hybridized carbons (Fsp3) is 0.647. The van der Waals surface area contributed by atoms with Gasteiger partial charge in [-0.2, -0.15) is 0 Å². The van der Waals surface area contributed by atoms with Crippen LogP contribution in [0.3, 0.4) is 0 Å². The molecule has 25 heavy (non-hydrogen) atoms. The van der Waals surface area contributed by atoms with Crippen LogP contribution in [-0.2, 0) is 10.2 Å². The molecule has 1 fully saturated rings. The van der Waals surface area contributed by atoms with Crippen molar-refractivity contribution in [3.8, 4) is 0 Å². The second kappa shape index (κ2) is 6.59. The molecule has 1 aliphatic rings. The summed E-state index contributed by atoms with van der Waals surface area (Å²) in [6.07, 6.45) is 4.40. The van der Waals surface area contributed by atoms with E-state index in [-0.39, 0.29) is 23.2 Å². The number of rotatable bonds is 4. The average molecular weight is 347 g/mol. The van der Waals surface area contributed by atoms with Gasteiger partial charge in [0.2, 0.25) is 5.89 Å². The molecule has 3 heterocycles. The number of hydrogen-bond acceptors (Lipinski definition) is 7. The fourth-order valence-electron chi connectivity index (χ4n) is 2.97. The van der Waals surface area contributed by atoms with E-state index < -0.39 is 5.97 Å². The van der Waals surface area contributed by atoms with Crippen LogP contribution in [-0.4, -0.2) is 51.0 Å². The lowest BCUT2D eigenvalue weighted by molar-refractivity contribution is 0.0594. The Morgan fingerprint density at radius 2 is 2.20 bits per heavy atom. The number of nitrogens with zero attached hydrogens (tertiary/aromatic N) is 5. The van der Waals surface area contributed by atoms with Crippen molar-refractivity contribution in [1.29, 1.82) is 0 Å². The van der Waals surface area contributed by atoms with E-state index in [1.54, 1.807) is 10.9 Å². The smallest absolute Gasteiger partial charge is 0.360 e. The van der Waals surface area contributed by atoms with E-state index in [1.807, 2.05) is 6.20 Å². The second-order valence-electron chi connectivity index (χ2n) is 7.50. The molecular weight excluding hydrogens is 322 g/mol. The molecule has 1 saturated heterocycles. The quantitative estimate of drug-likeness (QED) is 0.785. The van der Waals surface area contributed by atoms with Crippen molar-refractivity contribution in [2.24, 2.45) is 0 Å². The molecule has 0 aliphatic carbocycles. The molecule has 8 nitrogen and oxygen atoms in total. The largest absolute Gasteiger partial charge is 0.464 e. The van der Waals surface area contributed by atoms with Crippen LogP contribution in [0.4, 0.5) is 0 Å². The Bertz CT molecular complexity index is 746. The zero-order valence-electron chi connectivity index (χ0n) is 15.4. The Morgan fingerprint density at radius 1 is 1.44 bits per heavy atom. The van der Waals surface area contributed by atoms with Gasteiger partial charge in [0.25, 0.3) is 0 Å². The molecule has 2 atom stereocenters. The number of methoxy groups -OCH3 is 1. The van der Waals surface area contributed by atoms with E-state index in [2.05, 4.69) is 52.6 Å². The highest BCUT2D eigenvalue weighted by Gasteiger charge is 2.32. The van der Waals surface area contributed by atoms with Crippen molar-refractivity contribution in [3.05, 3.63) is 29.7 Å². The van der Waals surface area contributed by atoms with Gasteiger partial charge in [-0.3, -0.25) is 4.90 Å². The van der Waals surface area contributed by atoms with Gasteiger partial charge in [0.05, 0.1) is 31.6 Å². The molecule has 3 rings (SSSR count). The molecule has 0 unspecified atom stereocenters. The predicted molar refractivity (Wildman–Crippen MR) is 90.2 cm³/mol. The topological polar surface area (TPSA) is 86.3 Å². The summed E-state index contributed by atoms with van der Waals surface area (Å²) in [5.74, 6) is 1.16. The van der Waals surface area contributed by atoms with E-state index in [4.69, 9.17) is 4.42 Å². The predicted octanol–water partition coefficient (Wildman–Crippen LogP) is 2.36. The SMILES string of the molecule is COC(=O)c1cn([C@H]2CCN([C@H](C)c3ncc(C(C)(C)C)o3)C2)nn1. The van der Waals surface area contributed by atoms with Crippen molar-refractivity contribution >= 4 is 5.97 Å². The number of ether oxygens (including phenoxy) is 1. The zero-order valence-corrected chi connectivity index (χ0v) is 15.4. The Balaban J connectivity index is 1.67. The van der Waals surface area contributed by atoms with E-state index in [0.29, 0.717) is 0 Å². The van der Waals surface area contributed by atoms with Gasteiger partial charge in [-0.1, -0.05) is 26.0 Å². The fourth-order valence-corrected chi connectivity index (χ4v) is 2.97. The molecule has 1 aliphatic heterocycles. The summed E-state index contributed by atoms with van der Waals surface area (Å²) in [7, 11) is 1.34. The van der Waals surface area contributed by atoms with Gasteiger partial charge in [0, 0.05) is 18.5 Å². The lowest BCUT2D eigenvalue weighted by atomic mass is 9.94. The van der Waals surface area contributed by atoms with Crippen LogP contribution in [0.5, 0.6) is 0 Å². The maximum absolute atomic E-state index is 11.5. The molecular formula is C17H25N5O3. The maximum Gasteiger partial charge on any atom is 0.360 e. The number of carbonyl (C=O) groups is 1. The summed E-state index contributed by atoms with van der Waals surface area (Å²) in [5.41, 5.74) is 0.181. The molecule has 0 spiro atoms. The molecule has 0 N–H and O–H groups in total. The molecule has 0 radical (unpaired) electrons.